The van der Waals surface area contributed by atoms with Crippen molar-refractivity contribution in [1.29, 1.82) is 0 Å². The van der Waals surface area contributed by atoms with Gasteiger partial charge in [0, 0.05) is 7.05 Å². The van der Waals surface area contributed by atoms with E-state index in [1.807, 2.05) is 5.92 Å². The minimum Gasteiger partial charge on any atom is -0.489 e. The fraction of sp³-hybridized carbons (Fsp3) is 0.429. The minimum atomic E-state index is -4.65. The molecular weight excluding hydrogens is 299 g/mol. The maximum Gasteiger partial charge on any atom is 0.417 e. The monoisotopic (exact) mass is 313 g/mol. The number of fused-ring (bicyclic) bond motifs is 1. The molecule has 8 heteroatoms. The van der Waals surface area contributed by atoms with Crippen LogP contribution in [0.5, 0.6) is 5.75 Å². The second-order valence-electron chi connectivity index (χ2n) is 5.02. The van der Waals surface area contributed by atoms with Crippen LogP contribution in [0.1, 0.15) is 19.0 Å². The van der Waals surface area contributed by atoms with Crippen LogP contribution in [-0.2, 0) is 4.79 Å². The predicted octanol–water partition coefficient (Wildman–Crippen LogP) is 1.46. The Morgan fingerprint density at radius 2 is 2.09 bits per heavy atom. The number of ether oxygens (including phenoxy) is 1. The molecule has 2 N–H and O–H groups in total. The van der Waals surface area contributed by atoms with Crippen molar-refractivity contribution in [2.75, 3.05) is 18.6 Å². The van der Waals surface area contributed by atoms with E-state index >= 15 is 0 Å². The highest BCUT2D eigenvalue weighted by molar-refractivity contribution is 5.93. The molecular formula is C14H14F3N3O2. The molecule has 0 bridgehead atoms. The zero-order valence-electron chi connectivity index (χ0n) is 12.0. The van der Waals surface area contributed by atoms with Crippen LogP contribution >= 0.6 is 0 Å². The van der Waals surface area contributed by atoms with Crippen LogP contribution in [0.3, 0.4) is 0 Å². The number of carbonyl (C=O) groups is 1. The van der Waals surface area contributed by atoms with Gasteiger partial charge in [-0.1, -0.05) is 5.92 Å². The second-order valence-corrected chi connectivity index (χ2v) is 5.02. The fourth-order valence-electron chi connectivity index (χ4n) is 1.66. The van der Waals surface area contributed by atoms with Gasteiger partial charge in [0.15, 0.2) is 17.1 Å². The Balaban J connectivity index is 2.37. The van der Waals surface area contributed by atoms with Crippen molar-refractivity contribution in [3.05, 3.63) is 17.8 Å². The molecule has 1 aliphatic rings. The lowest BCUT2D eigenvalue weighted by atomic mass is 10.0. The Morgan fingerprint density at radius 1 is 1.41 bits per heavy atom. The zero-order valence-corrected chi connectivity index (χ0v) is 12.0. The summed E-state index contributed by atoms with van der Waals surface area (Å²) in [5.41, 5.74) is 2.57. The molecule has 1 aliphatic heterocycles. The summed E-state index contributed by atoms with van der Waals surface area (Å²) in [7, 11) is 1.52. The molecule has 2 heterocycles. The number of halogens is 3. The second kappa shape index (κ2) is 5.50. The number of hydrogen-bond acceptors (Lipinski definition) is 4. The third kappa shape index (κ3) is 3.14. The third-order valence-electron chi connectivity index (χ3n) is 3.14. The van der Waals surface area contributed by atoms with Crippen molar-refractivity contribution in [3.8, 4) is 17.6 Å². The minimum absolute atomic E-state index is 0.0739. The van der Waals surface area contributed by atoms with Gasteiger partial charge in [0.25, 0.3) is 0 Å². The Bertz CT molecular complexity index is 660. The summed E-state index contributed by atoms with van der Waals surface area (Å²) in [6, 6.07) is 2.94. The summed E-state index contributed by atoms with van der Waals surface area (Å²) < 4.78 is 43.3. The van der Waals surface area contributed by atoms with Gasteiger partial charge in [0.05, 0.1) is 13.0 Å². The number of amides is 1. The molecule has 1 atom stereocenters. The van der Waals surface area contributed by atoms with Crippen LogP contribution in [0.25, 0.3) is 0 Å². The number of anilines is 1. The Labute approximate surface area is 125 Å². The Kier molecular flexibility index (Phi) is 4.02. The highest BCUT2D eigenvalue weighted by Gasteiger charge is 2.47. The predicted molar refractivity (Wildman–Crippen MR) is 73.3 cm³/mol. The first-order chi connectivity index (χ1) is 10.1. The van der Waals surface area contributed by atoms with E-state index in [-0.39, 0.29) is 30.4 Å². The SMILES string of the molecule is CN1C(=O)CCOc2ccc(C#CC(C)(N)C(F)(F)F)nc21. The molecule has 0 radical (unpaired) electrons. The average Bonchev–Trinajstić information content (AvgIpc) is 2.56. The van der Waals surface area contributed by atoms with Crippen LogP contribution in [0, 0.1) is 11.8 Å². The number of nitrogens with zero attached hydrogens (tertiary/aromatic N) is 2. The van der Waals surface area contributed by atoms with Crippen LogP contribution in [0.15, 0.2) is 12.1 Å². The highest BCUT2D eigenvalue weighted by atomic mass is 19.4. The number of alkyl halides is 3. The van der Waals surface area contributed by atoms with Crippen molar-refractivity contribution >= 4 is 11.7 Å². The molecule has 118 valence electrons. The largest absolute Gasteiger partial charge is 0.489 e. The van der Waals surface area contributed by atoms with Crippen molar-refractivity contribution in [2.45, 2.75) is 25.1 Å². The number of rotatable bonds is 0. The van der Waals surface area contributed by atoms with Gasteiger partial charge >= 0.3 is 6.18 Å². The molecule has 1 amide bonds. The summed E-state index contributed by atoms with van der Waals surface area (Å²) in [4.78, 5) is 17.1. The molecule has 22 heavy (non-hydrogen) atoms. The lowest BCUT2D eigenvalue weighted by Gasteiger charge is -2.21. The summed E-state index contributed by atoms with van der Waals surface area (Å²) >= 11 is 0. The van der Waals surface area contributed by atoms with Gasteiger partial charge in [0.1, 0.15) is 5.69 Å². The van der Waals surface area contributed by atoms with Gasteiger partial charge in [-0.2, -0.15) is 13.2 Å². The van der Waals surface area contributed by atoms with E-state index < -0.39 is 11.7 Å². The molecule has 0 saturated carbocycles. The maximum absolute atomic E-state index is 12.7. The van der Waals surface area contributed by atoms with Gasteiger partial charge in [-0.25, -0.2) is 4.98 Å². The van der Waals surface area contributed by atoms with Gasteiger partial charge in [-0.15, -0.1) is 0 Å². The zero-order chi connectivity index (χ0) is 16.5. The lowest BCUT2D eigenvalue weighted by Crippen LogP contribution is -2.49. The van der Waals surface area contributed by atoms with Crippen LogP contribution in [0.4, 0.5) is 19.0 Å². The summed E-state index contributed by atoms with van der Waals surface area (Å²) in [5.74, 6) is 4.66. The fourth-order valence-corrected chi connectivity index (χ4v) is 1.66. The first-order valence-corrected chi connectivity index (χ1v) is 6.41. The Morgan fingerprint density at radius 3 is 2.73 bits per heavy atom. The van der Waals surface area contributed by atoms with E-state index in [0.29, 0.717) is 5.75 Å². The molecule has 2 rings (SSSR count). The quantitative estimate of drug-likeness (QED) is 0.736. The molecule has 0 spiro atoms. The number of hydrogen-bond donors (Lipinski definition) is 1. The van der Waals surface area contributed by atoms with Gasteiger partial charge in [0.2, 0.25) is 5.91 Å². The van der Waals surface area contributed by atoms with E-state index in [1.165, 1.54) is 24.1 Å². The maximum atomic E-state index is 12.7. The summed E-state index contributed by atoms with van der Waals surface area (Å²) in [6.45, 7) is 1.00. The molecule has 1 aromatic rings. The van der Waals surface area contributed by atoms with Gasteiger partial charge in [-0.3, -0.25) is 9.69 Å². The lowest BCUT2D eigenvalue weighted by molar-refractivity contribution is -0.163. The summed E-state index contributed by atoms with van der Waals surface area (Å²) in [6.07, 6.45) is -4.45. The van der Waals surface area contributed by atoms with Crippen molar-refractivity contribution < 1.29 is 22.7 Å². The summed E-state index contributed by atoms with van der Waals surface area (Å²) in [5, 5.41) is 0. The molecule has 0 fully saturated rings. The number of pyridine rings is 1. The number of aromatic nitrogens is 1. The smallest absolute Gasteiger partial charge is 0.417 e. The number of nitrogens with two attached hydrogens (primary N) is 1. The van der Waals surface area contributed by atoms with E-state index in [2.05, 4.69) is 10.9 Å². The van der Waals surface area contributed by atoms with Crippen LogP contribution in [-0.4, -0.2) is 36.3 Å². The van der Waals surface area contributed by atoms with Crippen LogP contribution < -0.4 is 15.4 Å². The van der Waals surface area contributed by atoms with Crippen LogP contribution in [0.2, 0.25) is 0 Å². The molecule has 5 nitrogen and oxygen atoms in total. The standard InChI is InChI=1S/C14H14F3N3O2/c1-13(18,14(15,16)17)7-5-9-3-4-10-12(19-9)20(2)11(21)6-8-22-10/h3-4H,6,8,18H2,1-2H3. The molecule has 1 aromatic heterocycles. The molecule has 0 aromatic carbocycles. The molecule has 0 aliphatic carbocycles. The first kappa shape index (κ1) is 16.1. The van der Waals surface area contributed by atoms with Gasteiger partial charge < -0.3 is 10.5 Å². The van der Waals surface area contributed by atoms with E-state index in [9.17, 15) is 18.0 Å². The Hall–Kier alpha value is -2.27. The van der Waals surface area contributed by atoms with Gasteiger partial charge in [-0.05, 0) is 25.0 Å². The number of carbonyl (C=O) groups excluding carboxylic acids is 1. The van der Waals surface area contributed by atoms with E-state index in [0.717, 1.165) is 6.92 Å². The van der Waals surface area contributed by atoms with Crippen molar-refractivity contribution in [3.63, 3.8) is 0 Å². The van der Waals surface area contributed by atoms with Crippen molar-refractivity contribution in [2.24, 2.45) is 5.73 Å². The van der Waals surface area contributed by atoms with Crippen molar-refractivity contribution in [1.82, 2.24) is 4.98 Å². The first-order valence-electron chi connectivity index (χ1n) is 6.41. The molecule has 1 unspecified atom stereocenters. The van der Waals surface area contributed by atoms with E-state index in [4.69, 9.17) is 10.5 Å². The normalized spacial score (nSPS) is 17.5. The average molecular weight is 313 g/mol. The molecule has 0 saturated heterocycles. The van der Waals surface area contributed by atoms with E-state index in [1.54, 1.807) is 0 Å². The third-order valence-corrected chi connectivity index (χ3v) is 3.14. The highest BCUT2D eigenvalue weighted by Crippen LogP contribution is 2.29. The topological polar surface area (TPSA) is 68.5 Å².